The molecule has 20 heavy (non-hydrogen) atoms. The Bertz CT molecular complexity index is 619. The number of anilines is 1. The first-order valence-electron chi connectivity index (χ1n) is 6.22. The minimum absolute atomic E-state index is 0.153. The van der Waals surface area contributed by atoms with Crippen molar-refractivity contribution in [2.24, 2.45) is 0 Å². The maximum Gasteiger partial charge on any atom is 0.257 e. The molecule has 0 aliphatic heterocycles. The van der Waals surface area contributed by atoms with E-state index in [4.69, 9.17) is 5.73 Å². The maximum absolute atomic E-state index is 12.0. The van der Waals surface area contributed by atoms with Gasteiger partial charge in [0.05, 0.1) is 5.56 Å². The predicted octanol–water partition coefficient (Wildman–Crippen LogP) is 1.65. The summed E-state index contributed by atoms with van der Waals surface area (Å²) in [6.45, 7) is 5.68. The molecule has 2 aromatic rings. The van der Waals surface area contributed by atoms with E-state index in [0.717, 1.165) is 5.56 Å². The quantitative estimate of drug-likeness (QED) is 0.866. The fourth-order valence-electron chi connectivity index (χ4n) is 1.61. The van der Waals surface area contributed by atoms with Crippen LogP contribution in [0, 0.1) is 0 Å². The Kier molecular flexibility index (Phi) is 3.65. The molecule has 0 aromatic carbocycles. The van der Waals surface area contributed by atoms with Crippen molar-refractivity contribution < 1.29 is 4.79 Å². The summed E-state index contributed by atoms with van der Waals surface area (Å²) in [6, 6.07) is 3.62. The number of hydrogen-bond acceptors (Lipinski definition) is 5. The van der Waals surface area contributed by atoms with Crippen LogP contribution < -0.4 is 11.1 Å². The number of carbonyl (C=O) groups excluding carboxylic acids is 1. The molecule has 2 heterocycles. The van der Waals surface area contributed by atoms with Crippen LogP contribution in [0.25, 0.3) is 11.4 Å². The molecule has 0 unspecified atom stereocenters. The highest BCUT2D eigenvalue weighted by Gasteiger charge is 2.18. The van der Waals surface area contributed by atoms with Gasteiger partial charge in [0.25, 0.3) is 5.91 Å². The number of pyridine rings is 1. The molecule has 6 nitrogen and oxygen atoms in total. The maximum atomic E-state index is 12.0. The number of rotatable bonds is 2. The lowest BCUT2D eigenvalue weighted by molar-refractivity contribution is 0.0920. The molecule has 104 valence electrons. The van der Waals surface area contributed by atoms with Gasteiger partial charge in [-0.15, -0.1) is 0 Å². The zero-order valence-corrected chi connectivity index (χ0v) is 11.7. The van der Waals surface area contributed by atoms with Crippen LogP contribution in [0.4, 0.5) is 5.82 Å². The van der Waals surface area contributed by atoms with Crippen LogP contribution in [0.3, 0.4) is 0 Å². The van der Waals surface area contributed by atoms with E-state index in [9.17, 15) is 4.79 Å². The predicted molar refractivity (Wildman–Crippen MR) is 76.9 cm³/mol. The number of nitrogens with two attached hydrogens (primary N) is 1. The average molecular weight is 271 g/mol. The van der Waals surface area contributed by atoms with Crippen LogP contribution in [0.1, 0.15) is 31.1 Å². The molecular weight excluding hydrogens is 254 g/mol. The zero-order valence-electron chi connectivity index (χ0n) is 11.7. The topological polar surface area (TPSA) is 93.8 Å². The van der Waals surface area contributed by atoms with Gasteiger partial charge in [-0.3, -0.25) is 9.78 Å². The molecule has 6 heteroatoms. The minimum atomic E-state index is -0.342. The van der Waals surface area contributed by atoms with Crippen LogP contribution in [0.15, 0.2) is 30.7 Å². The molecule has 0 bridgehead atoms. The smallest absolute Gasteiger partial charge is 0.257 e. The zero-order chi connectivity index (χ0) is 14.8. The first-order valence-corrected chi connectivity index (χ1v) is 6.22. The third-order valence-electron chi connectivity index (χ3n) is 2.47. The second-order valence-corrected chi connectivity index (χ2v) is 5.44. The monoisotopic (exact) mass is 271 g/mol. The lowest BCUT2D eigenvalue weighted by atomic mass is 10.1. The van der Waals surface area contributed by atoms with Gasteiger partial charge in [0.1, 0.15) is 5.82 Å². The molecule has 0 fully saturated rings. The summed E-state index contributed by atoms with van der Waals surface area (Å²) in [4.78, 5) is 24.4. The molecule has 0 atom stereocenters. The molecule has 3 N–H and O–H groups in total. The number of aromatic nitrogens is 3. The lowest BCUT2D eigenvalue weighted by Crippen LogP contribution is -2.41. The van der Waals surface area contributed by atoms with E-state index in [-0.39, 0.29) is 22.8 Å². The molecule has 0 spiro atoms. The summed E-state index contributed by atoms with van der Waals surface area (Å²) < 4.78 is 0. The van der Waals surface area contributed by atoms with E-state index >= 15 is 0 Å². The molecule has 0 aliphatic carbocycles. The number of carbonyl (C=O) groups is 1. The summed E-state index contributed by atoms with van der Waals surface area (Å²) >= 11 is 0. The van der Waals surface area contributed by atoms with Gasteiger partial charge in [-0.25, -0.2) is 9.97 Å². The van der Waals surface area contributed by atoms with E-state index in [0.29, 0.717) is 5.82 Å². The first-order chi connectivity index (χ1) is 9.37. The summed E-state index contributed by atoms with van der Waals surface area (Å²) in [7, 11) is 0. The Morgan fingerprint density at radius 3 is 2.60 bits per heavy atom. The third-order valence-corrected chi connectivity index (χ3v) is 2.47. The Labute approximate surface area is 117 Å². The Balaban J connectivity index is 2.29. The van der Waals surface area contributed by atoms with Gasteiger partial charge < -0.3 is 11.1 Å². The molecule has 1 amide bonds. The van der Waals surface area contributed by atoms with Crippen molar-refractivity contribution in [1.29, 1.82) is 0 Å². The largest absolute Gasteiger partial charge is 0.383 e. The standard InChI is InChI=1S/C14H17N5O/c1-14(2,3)19-13(20)10-8-17-12(18-11(10)15)9-5-4-6-16-7-9/h4-8H,1-3H3,(H,19,20)(H2,15,17,18). The second-order valence-electron chi connectivity index (χ2n) is 5.44. The third kappa shape index (κ3) is 3.28. The van der Waals surface area contributed by atoms with Gasteiger partial charge in [0.15, 0.2) is 5.82 Å². The van der Waals surface area contributed by atoms with Gasteiger partial charge in [-0.05, 0) is 32.9 Å². The lowest BCUT2D eigenvalue weighted by Gasteiger charge is -2.20. The number of nitrogens with one attached hydrogen (secondary N) is 1. The molecule has 0 saturated carbocycles. The number of amides is 1. The van der Waals surface area contributed by atoms with E-state index in [1.54, 1.807) is 18.5 Å². The second kappa shape index (κ2) is 5.24. The van der Waals surface area contributed by atoms with Crippen molar-refractivity contribution in [3.05, 3.63) is 36.3 Å². The molecule has 0 saturated heterocycles. The van der Waals surface area contributed by atoms with E-state index < -0.39 is 0 Å². The number of nitrogens with zero attached hydrogens (tertiary/aromatic N) is 3. The molecular formula is C14H17N5O. The van der Waals surface area contributed by atoms with Gasteiger partial charge >= 0.3 is 0 Å². The van der Waals surface area contributed by atoms with Crippen molar-refractivity contribution in [3.63, 3.8) is 0 Å². The molecule has 2 rings (SSSR count). The SMILES string of the molecule is CC(C)(C)NC(=O)c1cnc(-c2cccnc2)nc1N. The fraction of sp³-hybridized carbons (Fsp3) is 0.286. The summed E-state index contributed by atoms with van der Waals surface area (Å²) in [5.74, 6) is 0.316. The highest BCUT2D eigenvalue weighted by molar-refractivity contribution is 5.98. The van der Waals surface area contributed by atoms with Crippen LogP contribution in [-0.4, -0.2) is 26.4 Å². The van der Waals surface area contributed by atoms with Crippen molar-refractivity contribution in [2.45, 2.75) is 26.3 Å². The van der Waals surface area contributed by atoms with Crippen molar-refractivity contribution >= 4 is 11.7 Å². The Hall–Kier alpha value is -2.50. The van der Waals surface area contributed by atoms with Crippen LogP contribution in [-0.2, 0) is 0 Å². The Morgan fingerprint density at radius 2 is 2.05 bits per heavy atom. The molecule has 2 aromatic heterocycles. The van der Waals surface area contributed by atoms with Crippen molar-refractivity contribution in [3.8, 4) is 11.4 Å². The summed E-state index contributed by atoms with van der Waals surface area (Å²) in [6.07, 6.45) is 4.74. The number of hydrogen-bond donors (Lipinski definition) is 2. The molecule has 0 radical (unpaired) electrons. The van der Waals surface area contributed by atoms with Gasteiger partial charge in [-0.1, -0.05) is 0 Å². The van der Waals surface area contributed by atoms with Crippen molar-refractivity contribution in [2.75, 3.05) is 5.73 Å². The van der Waals surface area contributed by atoms with E-state index in [2.05, 4.69) is 20.3 Å². The number of nitrogen functional groups attached to an aromatic ring is 1. The summed E-state index contributed by atoms with van der Waals surface area (Å²) in [5.41, 5.74) is 6.53. The highest BCUT2D eigenvalue weighted by atomic mass is 16.1. The highest BCUT2D eigenvalue weighted by Crippen LogP contribution is 2.16. The minimum Gasteiger partial charge on any atom is -0.383 e. The van der Waals surface area contributed by atoms with Crippen LogP contribution in [0.5, 0.6) is 0 Å². The fourth-order valence-corrected chi connectivity index (χ4v) is 1.61. The van der Waals surface area contributed by atoms with Gasteiger partial charge in [-0.2, -0.15) is 0 Å². The Morgan fingerprint density at radius 1 is 1.30 bits per heavy atom. The first kappa shape index (κ1) is 13.9. The van der Waals surface area contributed by atoms with Gasteiger partial charge in [0, 0.05) is 29.7 Å². The van der Waals surface area contributed by atoms with E-state index in [1.165, 1.54) is 6.20 Å². The van der Waals surface area contributed by atoms with Crippen LogP contribution in [0.2, 0.25) is 0 Å². The van der Waals surface area contributed by atoms with E-state index in [1.807, 2.05) is 26.8 Å². The average Bonchev–Trinajstić information content (AvgIpc) is 2.37. The normalized spacial score (nSPS) is 11.2. The van der Waals surface area contributed by atoms with Crippen molar-refractivity contribution in [1.82, 2.24) is 20.3 Å². The summed E-state index contributed by atoms with van der Waals surface area (Å²) in [5, 5.41) is 2.82. The van der Waals surface area contributed by atoms with Gasteiger partial charge in [0.2, 0.25) is 0 Å². The molecule has 0 aliphatic rings. The van der Waals surface area contributed by atoms with Crippen LogP contribution >= 0.6 is 0 Å².